The zero-order chi connectivity index (χ0) is 16.0. The summed E-state index contributed by atoms with van der Waals surface area (Å²) in [5.74, 6) is -0.469. The molecule has 1 aromatic heterocycles. The Morgan fingerprint density at radius 3 is 2.78 bits per heavy atom. The molecule has 1 aromatic rings. The van der Waals surface area contributed by atoms with Gasteiger partial charge in [0.2, 0.25) is 0 Å². The fraction of sp³-hybridized carbons (Fsp3) is 0.643. The molecule has 0 radical (unpaired) electrons. The lowest BCUT2D eigenvalue weighted by Crippen LogP contribution is -2.47. The van der Waals surface area contributed by atoms with Crippen LogP contribution in [0.15, 0.2) is 11.4 Å². The van der Waals surface area contributed by atoms with Crippen LogP contribution in [0.3, 0.4) is 0 Å². The molecule has 1 aliphatic heterocycles. The van der Waals surface area contributed by atoms with E-state index in [1.807, 2.05) is 0 Å². The van der Waals surface area contributed by atoms with Crippen molar-refractivity contribution in [2.75, 3.05) is 33.4 Å². The Morgan fingerprint density at radius 1 is 1.48 bits per heavy atom. The molecule has 0 atom stereocenters. The second-order valence-corrected chi connectivity index (χ2v) is 6.27. The van der Waals surface area contributed by atoms with E-state index in [1.54, 1.807) is 12.5 Å². The van der Waals surface area contributed by atoms with Gasteiger partial charge >= 0.3 is 6.61 Å². The maximum atomic E-state index is 12.3. The molecule has 1 fully saturated rings. The summed E-state index contributed by atoms with van der Waals surface area (Å²) in [6.07, 6.45) is 1.79. The first-order valence-corrected chi connectivity index (χ1v) is 7.94. The van der Waals surface area contributed by atoms with Crippen molar-refractivity contribution in [2.24, 2.45) is 5.41 Å². The lowest BCUT2D eigenvalue weighted by Gasteiger charge is -2.37. The van der Waals surface area contributed by atoms with Crippen molar-refractivity contribution < 1.29 is 23.0 Å². The molecule has 0 spiro atoms. The standard InChI is InChI=1S/C14H20F2N2O3S.ClH/c1-20-9-14(3-5-17-6-4-14)8-18-12(19)11-10(2-7-22-11)21-13(15)16;/h2,7,13,17H,3-6,8-9H2,1H3,(H,18,19);1H. The minimum Gasteiger partial charge on any atom is -0.433 e. The van der Waals surface area contributed by atoms with Crippen molar-refractivity contribution in [1.82, 2.24) is 10.6 Å². The number of amides is 1. The Labute approximate surface area is 144 Å². The molecule has 23 heavy (non-hydrogen) atoms. The molecule has 0 saturated carbocycles. The summed E-state index contributed by atoms with van der Waals surface area (Å²) in [6.45, 7) is -0.186. The van der Waals surface area contributed by atoms with Crippen LogP contribution in [0.1, 0.15) is 22.5 Å². The lowest BCUT2D eigenvalue weighted by molar-refractivity contribution is -0.0498. The van der Waals surface area contributed by atoms with E-state index in [4.69, 9.17) is 4.74 Å². The molecular formula is C14H21ClF2N2O3S. The van der Waals surface area contributed by atoms with Gasteiger partial charge in [-0.3, -0.25) is 4.79 Å². The number of thiophene rings is 1. The van der Waals surface area contributed by atoms with Gasteiger partial charge in [0.15, 0.2) is 0 Å². The van der Waals surface area contributed by atoms with Crippen LogP contribution in [0, 0.1) is 5.41 Å². The fourth-order valence-corrected chi connectivity index (χ4v) is 3.37. The van der Waals surface area contributed by atoms with E-state index in [9.17, 15) is 13.6 Å². The largest absolute Gasteiger partial charge is 0.433 e. The number of methoxy groups -OCH3 is 1. The number of carbonyl (C=O) groups excluding carboxylic acids is 1. The highest BCUT2D eigenvalue weighted by atomic mass is 35.5. The highest BCUT2D eigenvalue weighted by Gasteiger charge is 2.33. The van der Waals surface area contributed by atoms with Crippen LogP contribution in [-0.2, 0) is 4.74 Å². The van der Waals surface area contributed by atoms with E-state index in [-0.39, 0.29) is 34.4 Å². The smallest absolute Gasteiger partial charge is 0.387 e. The third kappa shape index (κ3) is 5.56. The Morgan fingerprint density at radius 2 is 2.17 bits per heavy atom. The number of ether oxygens (including phenoxy) is 2. The topological polar surface area (TPSA) is 59.6 Å². The number of piperidine rings is 1. The summed E-state index contributed by atoms with van der Waals surface area (Å²) in [5, 5.41) is 7.66. The molecule has 2 N–H and O–H groups in total. The Hall–Kier alpha value is -0.960. The zero-order valence-corrected chi connectivity index (χ0v) is 14.4. The number of carbonyl (C=O) groups is 1. The first-order chi connectivity index (χ1) is 10.6. The van der Waals surface area contributed by atoms with Gasteiger partial charge in [0.25, 0.3) is 5.91 Å². The molecule has 0 aliphatic carbocycles. The highest BCUT2D eigenvalue weighted by Crippen LogP contribution is 2.30. The van der Waals surface area contributed by atoms with E-state index in [0.29, 0.717) is 13.2 Å². The normalized spacial score (nSPS) is 16.7. The first kappa shape index (κ1) is 20.1. The number of rotatable bonds is 7. The molecule has 0 unspecified atom stereocenters. The van der Waals surface area contributed by atoms with E-state index >= 15 is 0 Å². The second kappa shape index (κ2) is 9.36. The van der Waals surface area contributed by atoms with Crippen molar-refractivity contribution in [3.8, 4) is 5.75 Å². The van der Waals surface area contributed by atoms with Crippen molar-refractivity contribution in [2.45, 2.75) is 19.5 Å². The van der Waals surface area contributed by atoms with Gasteiger partial charge < -0.3 is 20.1 Å². The number of hydrogen-bond acceptors (Lipinski definition) is 5. The van der Waals surface area contributed by atoms with Crippen LogP contribution >= 0.6 is 23.7 Å². The number of halogens is 3. The number of alkyl halides is 2. The molecular weight excluding hydrogens is 350 g/mol. The third-order valence-corrected chi connectivity index (χ3v) is 4.68. The van der Waals surface area contributed by atoms with Gasteiger partial charge in [-0.25, -0.2) is 0 Å². The quantitative estimate of drug-likeness (QED) is 0.774. The predicted molar refractivity (Wildman–Crippen MR) is 86.9 cm³/mol. The van der Waals surface area contributed by atoms with E-state index in [2.05, 4.69) is 15.4 Å². The molecule has 5 nitrogen and oxygen atoms in total. The SMILES string of the molecule is COCC1(CNC(=O)c2sccc2OC(F)F)CCNCC1.Cl. The molecule has 1 amide bonds. The maximum absolute atomic E-state index is 12.3. The summed E-state index contributed by atoms with van der Waals surface area (Å²) >= 11 is 1.08. The molecule has 2 rings (SSSR count). The van der Waals surface area contributed by atoms with Crippen molar-refractivity contribution >= 4 is 29.7 Å². The van der Waals surface area contributed by atoms with Crippen LogP contribution in [0.25, 0.3) is 0 Å². The fourth-order valence-electron chi connectivity index (χ4n) is 2.64. The summed E-state index contributed by atoms with van der Waals surface area (Å²) < 4.78 is 34.2. The van der Waals surface area contributed by atoms with Crippen LogP contribution in [0.4, 0.5) is 8.78 Å². The third-order valence-electron chi connectivity index (χ3n) is 3.79. The van der Waals surface area contributed by atoms with Gasteiger partial charge in [0, 0.05) is 19.1 Å². The Balaban J connectivity index is 0.00000264. The monoisotopic (exact) mass is 370 g/mol. The predicted octanol–water partition coefficient (Wildman–Crippen LogP) is 2.52. The Bertz CT molecular complexity index is 491. The average Bonchev–Trinajstić information content (AvgIpc) is 2.93. The van der Waals surface area contributed by atoms with Gasteiger partial charge in [0.05, 0.1) is 6.61 Å². The van der Waals surface area contributed by atoms with Gasteiger partial charge in [-0.05, 0) is 37.4 Å². The van der Waals surface area contributed by atoms with E-state index in [0.717, 1.165) is 37.3 Å². The minimum absolute atomic E-state index is 0. The van der Waals surface area contributed by atoms with Gasteiger partial charge in [0.1, 0.15) is 10.6 Å². The number of hydrogen-bond donors (Lipinski definition) is 2. The molecule has 1 saturated heterocycles. The molecule has 2 heterocycles. The first-order valence-electron chi connectivity index (χ1n) is 7.06. The summed E-state index contributed by atoms with van der Waals surface area (Å²) in [5.41, 5.74) is -0.114. The van der Waals surface area contributed by atoms with Crippen LogP contribution < -0.4 is 15.4 Å². The van der Waals surface area contributed by atoms with Crippen molar-refractivity contribution in [3.05, 3.63) is 16.3 Å². The maximum Gasteiger partial charge on any atom is 0.387 e. The second-order valence-electron chi connectivity index (χ2n) is 5.36. The molecule has 0 aromatic carbocycles. The summed E-state index contributed by atoms with van der Waals surface area (Å²) in [7, 11) is 1.64. The number of nitrogens with one attached hydrogen (secondary N) is 2. The molecule has 9 heteroatoms. The molecule has 132 valence electrons. The summed E-state index contributed by atoms with van der Waals surface area (Å²) in [4.78, 5) is 12.4. The van der Waals surface area contributed by atoms with Crippen LogP contribution in [0.5, 0.6) is 5.75 Å². The van der Waals surface area contributed by atoms with Crippen LogP contribution in [0.2, 0.25) is 0 Å². The van der Waals surface area contributed by atoms with Crippen molar-refractivity contribution in [3.63, 3.8) is 0 Å². The van der Waals surface area contributed by atoms with Gasteiger partial charge in [-0.2, -0.15) is 8.78 Å². The van der Waals surface area contributed by atoms with E-state index in [1.165, 1.54) is 6.07 Å². The molecule has 1 aliphatic rings. The Kier molecular flexibility index (Phi) is 8.18. The lowest BCUT2D eigenvalue weighted by atomic mass is 9.79. The van der Waals surface area contributed by atoms with Gasteiger partial charge in [-0.1, -0.05) is 0 Å². The van der Waals surface area contributed by atoms with Gasteiger partial charge in [-0.15, -0.1) is 23.7 Å². The zero-order valence-electron chi connectivity index (χ0n) is 12.8. The van der Waals surface area contributed by atoms with Crippen LogP contribution in [-0.4, -0.2) is 45.9 Å². The average molecular weight is 371 g/mol. The molecule has 0 bridgehead atoms. The minimum atomic E-state index is -2.94. The summed E-state index contributed by atoms with van der Waals surface area (Å²) in [6, 6.07) is 1.38. The highest BCUT2D eigenvalue weighted by molar-refractivity contribution is 7.12. The van der Waals surface area contributed by atoms with Crippen molar-refractivity contribution in [1.29, 1.82) is 0 Å². The van der Waals surface area contributed by atoms with E-state index < -0.39 is 6.61 Å².